The van der Waals surface area contributed by atoms with Gasteiger partial charge in [-0.05, 0) is 6.92 Å². The fourth-order valence-corrected chi connectivity index (χ4v) is 1.92. The Morgan fingerprint density at radius 2 is 2.25 bits per heavy atom. The molecule has 12 heavy (non-hydrogen) atoms. The lowest BCUT2D eigenvalue weighted by Crippen LogP contribution is -2.51. The first-order chi connectivity index (χ1) is 5.60. The van der Waals surface area contributed by atoms with Gasteiger partial charge in [-0.2, -0.15) is 0 Å². The van der Waals surface area contributed by atoms with Gasteiger partial charge in [0.25, 0.3) is 0 Å². The summed E-state index contributed by atoms with van der Waals surface area (Å²) >= 11 is 0. The van der Waals surface area contributed by atoms with Crippen LogP contribution in [0.4, 0.5) is 0 Å². The van der Waals surface area contributed by atoms with Crippen LogP contribution in [-0.4, -0.2) is 47.3 Å². The topological polar surface area (TPSA) is 58.9 Å². The predicted octanol–water partition coefficient (Wildman–Crippen LogP) is -0.712. The predicted molar refractivity (Wildman–Crippen MR) is 40.7 cm³/mol. The van der Waals surface area contributed by atoms with Gasteiger partial charge in [0.05, 0.1) is 25.4 Å². The molecular formula is C8H14O4. The van der Waals surface area contributed by atoms with Gasteiger partial charge in [-0.15, -0.1) is 0 Å². The van der Waals surface area contributed by atoms with E-state index in [1.165, 1.54) is 0 Å². The SMILES string of the molecule is C[C@]12C[C@](CO)(CO1)OC[C@H]2O. The zero-order chi connectivity index (χ0) is 8.82. The molecule has 0 unspecified atom stereocenters. The molecule has 4 heteroatoms. The lowest BCUT2D eigenvalue weighted by Gasteiger charge is -2.37. The molecule has 2 fully saturated rings. The minimum Gasteiger partial charge on any atom is -0.393 e. The summed E-state index contributed by atoms with van der Waals surface area (Å²) in [6, 6.07) is 0. The molecule has 0 amide bonds. The van der Waals surface area contributed by atoms with E-state index in [-0.39, 0.29) is 13.2 Å². The van der Waals surface area contributed by atoms with Crippen molar-refractivity contribution in [1.29, 1.82) is 0 Å². The summed E-state index contributed by atoms with van der Waals surface area (Å²) in [6.07, 6.45) is 0.0113. The average molecular weight is 174 g/mol. The molecule has 0 saturated carbocycles. The molecule has 2 aliphatic rings. The highest BCUT2D eigenvalue weighted by atomic mass is 16.6. The van der Waals surface area contributed by atoms with Crippen LogP contribution in [0.1, 0.15) is 13.3 Å². The molecule has 2 saturated heterocycles. The Balaban J connectivity index is 2.20. The largest absolute Gasteiger partial charge is 0.393 e. The molecule has 3 atom stereocenters. The van der Waals surface area contributed by atoms with Gasteiger partial charge in [-0.3, -0.25) is 0 Å². The lowest BCUT2D eigenvalue weighted by molar-refractivity contribution is -0.149. The standard InChI is InChI=1S/C8H14O4/c1-7-3-8(4-9,5-12-7)11-2-6(7)10/h6,9-10H,2-5H2,1H3/t6-,7-,8+/m1/s1. The maximum Gasteiger partial charge on any atom is 0.117 e. The first-order valence-corrected chi connectivity index (χ1v) is 4.17. The summed E-state index contributed by atoms with van der Waals surface area (Å²) in [4.78, 5) is 0. The highest BCUT2D eigenvalue weighted by Crippen LogP contribution is 2.41. The van der Waals surface area contributed by atoms with Crippen molar-refractivity contribution in [2.24, 2.45) is 0 Å². The van der Waals surface area contributed by atoms with Crippen LogP contribution < -0.4 is 0 Å². The number of aliphatic hydroxyl groups is 2. The van der Waals surface area contributed by atoms with Gasteiger partial charge in [0.1, 0.15) is 11.7 Å². The van der Waals surface area contributed by atoms with Gasteiger partial charge in [-0.25, -0.2) is 0 Å². The summed E-state index contributed by atoms with van der Waals surface area (Å²) in [5.41, 5.74) is -1.06. The van der Waals surface area contributed by atoms with Gasteiger partial charge in [0, 0.05) is 6.42 Å². The van der Waals surface area contributed by atoms with Crippen molar-refractivity contribution in [3.8, 4) is 0 Å². The molecule has 4 nitrogen and oxygen atoms in total. The van der Waals surface area contributed by atoms with Crippen molar-refractivity contribution in [3.63, 3.8) is 0 Å². The zero-order valence-corrected chi connectivity index (χ0v) is 7.12. The molecule has 0 radical (unpaired) electrons. The van der Waals surface area contributed by atoms with Crippen LogP contribution in [0.2, 0.25) is 0 Å². The van der Waals surface area contributed by atoms with Gasteiger partial charge < -0.3 is 19.7 Å². The molecule has 2 bridgehead atoms. The summed E-state index contributed by atoms with van der Waals surface area (Å²) in [7, 11) is 0. The normalized spacial score (nSPS) is 52.8. The fourth-order valence-electron chi connectivity index (χ4n) is 1.92. The molecule has 2 rings (SSSR count). The Morgan fingerprint density at radius 3 is 2.92 bits per heavy atom. The second kappa shape index (κ2) is 2.42. The second-order valence-corrected chi connectivity index (χ2v) is 3.95. The highest BCUT2D eigenvalue weighted by Gasteiger charge is 2.55. The van der Waals surface area contributed by atoms with Crippen LogP contribution in [0.3, 0.4) is 0 Å². The van der Waals surface area contributed by atoms with E-state index in [1.54, 1.807) is 0 Å². The van der Waals surface area contributed by atoms with E-state index in [0.717, 1.165) is 0 Å². The Morgan fingerprint density at radius 1 is 1.50 bits per heavy atom. The van der Waals surface area contributed by atoms with Gasteiger partial charge >= 0.3 is 0 Å². The molecule has 70 valence electrons. The number of rotatable bonds is 1. The Kier molecular flexibility index (Phi) is 1.70. The van der Waals surface area contributed by atoms with Crippen molar-refractivity contribution in [1.82, 2.24) is 0 Å². The number of hydrogen-bond acceptors (Lipinski definition) is 4. The summed E-state index contributed by atoms with van der Waals surface area (Å²) in [5.74, 6) is 0. The number of ether oxygens (including phenoxy) is 2. The van der Waals surface area contributed by atoms with E-state index in [0.29, 0.717) is 13.0 Å². The molecule has 0 aromatic rings. The minimum atomic E-state index is -0.570. The molecule has 2 heterocycles. The Labute approximate surface area is 71.1 Å². The maximum absolute atomic E-state index is 9.53. The van der Waals surface area contributed by atoms with E-state index < -0.39 is 17.3 Å². The van der Waals surface area contributed by atoms with Crippen LogP contribution >= 0.6 is 0 Å². The third-order valence-corrected chi connectivity index (χ3v) is 2.88. The number of aliphatic hydroxyl groups excluding tert-OH is 2. The van der Waals surface area contributed by atoms with E-state index in [2.05, 4.69) is 0 Å². The van der Waals surface area contributed by atoms with Crippen LogP contribution in [0.5, 0.6) is 0 Å². The zero-order valence-electron chi connectivity index (χ0n) is 7.12. The average Bonchev–Trinajstić information content (AvgIpc) is 2.36. The van der Waals surface area contributed by atoms with Crippen LogP contribution in [0.15, 0.2) is 0 Å². The lowest BCUT2D eigenvalue weighted by atomic mass is 9.86. The number of hydrogen-bond donors (Lipinski definition) is 2. The van der Waals surface area contributed by atoms with Crippen LogP contribution in [0.25, 0.3) is 0 Å². The van der Waals surface area contributed by atoms with Gasteiger partial charge in [0.2, 0.25) is 0 Å². The fraction of sp³-hybridized carbons (Fsp3) is 1.00. The highest BCUT2D eigenvalue weighted by molar-refractivity contribution is 5.03. The number of fused-ring (bicyclic) bond motifs is 2. The van der Waals surface area contributed by atoms with Crippen molar-refractivity contribution >= 4 is 0 Å². The van der Waals surface area contributed by atoms with Crippen molar-refractivity contribution < 1.29 is 19.7 Å². The molecule has 2 N–H and O–H groups in total. The third-order valence-electron chi connectivity index (χ3n) is 2.88. The molecule has 0 aromatic carbocycles. The first-order valence-electron chi connectivity index (χ1n) is 4.17. The first kappa shape index (κ1) is 8.44. The Hall–Kier alpha value is -0.160. The second-order valence-electron chi connectivity index (χ2n) is 3.95. The van der Waals surface area contributed by atoms with Crippen molar-refractivity contribution in [2.45, 2.75) is 30.7 Å². The summed E-state index contributed by atoms with van der Waals surface area (Å²) < 4.78 is 10.8. The van der Waals surface area contributed by atoms with E-state index in [9.17, 15) is 5.11 Å². The monoisotopic (exact) mass is 174 g/mol. The molecule has 0 spiro atoms. The minimum absolute atomic E-state index is 0.0324. The van der Waals surface area contributed by atoms with Gasteiger partial charge in [-0.1, -0.05) is 0 Å². The van der Waals surface area contributed by atoms with Crippen LogP contribution in [0, 0.1) is 0 Å². The quantitative estimate of drug-likeness (QED) is 0.551. The van der Waals surface area contributed by atoms with E-state index >= 15 is 0 Å². The van der Waals surface area contributed by atoms with Crippen molar-refractivity contribution in [2.75, 3.05) is 19.8 Å². The Bertz CT molecular complexity index is 187. The molecule has 0 aliphatic carbocycles. The van der Waals surface area contributed by atoms with Crippen molar-refractivity contribution in [3.05, 3.63) is 0 Å². The maximum atomic E-state index is 9.53. The summed E-state index contributed by atoms with van der Waals surface area (Å²) in [6.45, 7) is 2.47. The smallest absolute Gasteiger partial charge is 0.117 e. The summed E-state index contributed by atoms with van der Waals surface area (Å²) in [5, 5.41) is 18.6. The third kappa shape index (κ3) is 0.992. The van der Waals surface area contributed by atoms with E-state index in [1.807, 2.05) is 6.92 Å². The van der Waals surface area contributed by atoms with Crippen LogP contribution in [-0.2, 0) is 9.47 Å². The molecule has 2 aliphatic heterocycles. The molecular weight excluding hydrogens is 160 g/mol. The van der Waals surface area contributed by atoms with Gasteiger partial charge in [0.15, 0.2) is 0 Å². The molecule has 0 aromatic heterocycles. The van der Waals surface area contributed by atoms with E-state index in [4.69, 9.17) is 14.6 Å².